The summed E-state index contributed by atoms with van der Waals surface area (Å²) in [5.41, 5.74) is 0. The predicted molar refractivity (Wildman–Crippen MR) is 7.74 cm³/mol. The molecule has 0 radical (unpaired) electrons. The Morgan fingerprint density at radius 2 is 0.200 bits per heavy atom. The van der Waals surface area contributed by atoms with Gasteiger partial charge < -0.3 is 121 Å². The van der Waals surface area contributed by atoms with Gasteiger partial charge in [-0.15, -0.1) is 0 Å². The SMILES string of the molecule is [Cl-].[Cl-].[Cl-].[Cl-].[Cl-].[Cl-].[Cl-].[Cl-].[OH-].[OH-].[OH-].[OH-].[Zr+4].[Zr+4].[Zr+4]. The molecular weight excluding hydrogens is 621 g/mol. The summed E-state index contributed by atoms with van der Waals surface area (Å²) >= 11 is 0. The summed E-state index contributed by atoms with van der Waals surface area (Å²) in [6, 6.07) is 0. The minimum atomic E-state index is 0. The van der Waals surface area contributed by atoms with E-state index in [0.29, 0.717) is 0 Å². The van der Waals surface area contributed by atoms with E-state index in [1.165, 1.54) is 0 Å². The standard InChI is InChI=1S/8ClH.4H2O.3Zr/h8*1H;4*1H2;;;/q;;;;;;;;;;;;3*+4/p-12. The second-order valence-corrected chi connectivity index (χ2v) is 0. The summed E-state index contributed by atoms with van der Waals surface area (Å²) in [7, 11) is 0. The van der Waals surface area contributed by atoms with E-state index in [9.17, 15) is 0 Å². The Morgan fingerprint density at radius 1 is 0.200 bits per heavy atom. The van der Waals surface area contributed by atoms with Gasteiger partial charge in [-0.2, -0.15) is 0 Å². The van der Waals surface area contributed by atoms with Gasteiger partial charge >= 0.3 is 78.6 Å². The van der Waals surface area contributed by atoms with Gasteiger partial charge in [-0.25, -0.2) is 0 Å². The van der Waals surface area contributed by atoms with Crippen LogP contribution in [0.3, 0.4) is 0 Å². The molecule has 15 heavy (non-hydrogen) atoms. The van der Waals surface area contributed by atoms with Crippen LogP contribution in [0.4, 0.5) is 0 Å². The van der Waals surface area contributed by atoms with Gasteiger partial charge in [0.1, 0.15) is 0 Å². The molecule has 96 valence electrons. The zero-order valence-corrected chi connectivity index (χ0v) is 19.7. The Labute approximate surface area is 196 Å². The van der Waals surface area contributed by atoms with Crippen molar-refractivity contribution in [1.82, 2.24) is 0 Å². The molecule has 4 N–H and O–H groups in total. The molecule has 0 spiro atoms. The van der Waals surface area contributed by atoms with Gasteiger partial charge in [-0.3, -0.25) is 0 Å². The zero-order valence-electron chi connectivity index (χ0n) is 6.31. The molecule has 0 rings (SSSR count). The third kappa shape index (κ3) is 230. The van der Waals surface area contributed by atoms with Crippen LogP contribution >= 0.6 is 0 Å². The molecule has 0 amide bonds. The van der Waals surface area contributed by atoms with Crippen molar-refractivity contribution >= 4 is 0 Å². The third-order valence-corrected chi connectivity index (χ3v) is 0. The molecule has 0 saturated heterocycles. The monoisotopic (exact) mass is 617 g/mol. The van der Waals surface area contributed by atoms with E-state index in [1.54, 1.807) is 0 Å². The van der Waals surface area contributed by atoms with Crippen molar-refractivity contribution in [2.24, 2.45) is 0 Å². The molecular formula is H4Cl8O4Zr3. The normalized spacial score (nSPS) is 0. The van der Waals surface area contributed by atoms with E-state index in [-0.39, 0.29) is 200 Å². The fourth-order valence-electron chi connectivity index (χ4n) is 0. The van der Waals surface area contributed by atoms with E-state index in [2.05, 4.69) is 0 Å². The Morgan fingerprint density at radius 3 is 0.200 bits per heavy atom. The first-order valence-electron chi connectivity index (χ1n) is 0. The van der Waals surface area contributed by atoms with Crippen molar-refractivity contribution in [3.8, 4) is 0 Å². The Hall–Kier alpha value is 4.81. The first kappa shape index (κ1) is 303. The average Bonchev–Trinajstić information content (AvgIpc) is 0. The predicted octanol–water partition coefficient (Wildman–Crippen LogP) is -24.7. The Balaban J connectivity index is 0. The summed E-state index contributed by atoms with van der Waals surface area (Å²) in [5, 5.41) is 0. The zero-order chi connectivity index (χ0) is 0. The summed E-state index contributed by atoms with van der Waals surface area (Å²) in [6.45, 7) is 0. The van der Waals surface area contributed by atoms with Crippen molar-refractivity contribution < 1.29 is 200 Å². The van der Waals surface area contributed by atoms with Crippen LogP contribution in [-0.2, 0) is 78.6 Å². The molecule has 0 aliphatic heterocycles. The summed E-state index contributed by atoms with van der Waals surface area (Å²) < 4.78 is 0. The van der Waals surface area contributed by atoms with Crippen LogP contribution in [0.1, 0.15) is 0 Å². The topological polar surface area (TPSA) is 120 Å². The quantitative estimate of drug-likeness (QED) is 0.266. The fraction of sp³-hybridized carbons (Fsp3) is 0. The van der Waals surface area contributed by atoms with Crippen LogP contribution in [0.25, 0.3) is 0 Å². The molecule has 4 nitrogen and oxygen atoms in total. The van der Waals surface area contributed by atoms with Crippen LogP contribution < -0.4 is 99.3 Å². The van der Waals surface area contributed by atoms with Gasteiger partial charge in [0.25, 0.3) is 0 Å². The van der Waals surface area contributed by atoms with Gasteiger partial charge in [0, 0.05) is 0 Å². The van der Waals surface area contributed by atoms with Crippen molar-refractivity contribution in [3.63, 3.8) is 0 Å². The molecule has 0 aliphatic rings. The van der Waals surface area contributed by atoms with E-state index in [1.807, 2.05) is 0 Å². The van der Waals surface area contributed by atoms with Gasteiger partial charge in [0.15, 0.2) is 0 Å². The summed E-state index contributed by atoms with van der Waals surface area (Å²) in [6.07, 6.45) is 0. The van der Waals surface area contributed by atoms with Crippen LogP contribution in [0.5, 0.6) is 0 Å². The largest absolute Gasteiger partial charge is 4.00 e. The van der Waals surface area contributed by atoms with E-state index in [4.69, 9.17) is 0 Å². The molecule has 0 aromatic heterocycles. The molecule has 0 atom stereocenters. The van der Waals surface area contributed by atoms with Gasteiger partial charge in [-0.05, 0) is 0 Å². The van der Waals surface area contributed by atoms with Crippen molar-refractivity contribution in [2.75, 3.05) is 0 Å². The molecule has 0 unspecified atom stereocenters. The molecule has 0 aromatic carbocycles. The summed E-state index contributed by atoms with van der Waals surface area (Å²) in [4.78, 5) is 0. The smallest absolute Gasteiger partial charge is 1.00 e. The Kier molecular flexibility index (Phi) is 5210. The number of hydrogen-bond donors (Lipinski definition) is 0. The minimum Gasteiger partial charge on any atom is -1.00 e. The Bertz CT molecular complexity index is 21.8. The van der Waals surface area contributed by atoms with Crippen LogP contribution in [0, 0.1) is 0 Å². The van der Waals surface area contributed by atoms with E-state index < -0.39 is 0 Å². The molecule has 0 aliphatic carbocycles. The van der Waals surface area contributed by atoms with E-state index >= 15 is 0 Å². The first-order valence-corrected chi connectivity index (χ1v) is 0. The van der Waals surface area contributed by atoms with Gasteiger partial charge in [-0.1, -0.05) is 0 Å². The average molecular weight is 625 g/mol. The molecule has 0 aromatic rings. The van der Waals surface area contributed by atoms with Gasteiger partial charge in [0.05, 0.1) is 0 Å². The maximum Gasteiger partial charge on any atom is 4.00 e. The van der Waals surface area contributed by atoms with Crippen LogP contribution in [-0.4, -0.2) is 21.9 Å². The number of halogens is 8. The van der Waals surface area contributed by atoms with Gasteiger partial charge in [0.2, 0.25) is 0 Å². The molecule has 0 bridgehead atoms. The molecule has 0 fully saturated rings. The van der Waals surface area contributed by atoms with Crippen LogP contribution in [0.2, 0.25) is 0 Å². The maximum atomic E-state index is 0. The second-order valence-electron chi connectivity index (χ2n) is 0. The third-order valence-electron chi connectivity index (χ3n) is 0. The summed E-state index contributed by atoms with van der Waals surface area (Å²) in [5.74, 6) is 0. The van der Waals surface area contributed by atoms with Crippen molar-refractivity contribution in [3.05, 3.63) is 0 Å². The number of hydrogen-bond acceptors (Lipinski definition) is 4. The van der Waals surface area contributed by atoms with E-state index in [0.717, 1.165) is 0 Å². The molecule has 0 saturated carbocycles. The molecule has 15 heteroatoms. The van der Waals surface area contributed by atoms with Crippen molar-refractivity contribution in [1.29, 1.82) is 0 Å². The fourth-order valence-corrected chi connectivity index (χ4v) is 0. The minimum absolute atomic E-state index is 0. The first-order chi connectivity index (χ1) is 0. The van der Waals surface area contributed by atoms with Crippen molar-refractivity contribution in [2.45, 2.75) is 0 Å². The second kappa shape index (κ2) is 258. The molecule has 0 heterocycles. The van der Waals surface area contributed by atoms with Crippen LogP contribution in [0.15, 0.2) is 0 Å². The number of rotatable bonds is 0. The maximum absolute atomic E-state index is 0.